The molecule has 30 heavy (non-hydrogen) atoms. The average Bonchev–Trinajstić information content (AvgIpc) is 2.59. The molecule has 2 N–H and O–H groups in total. The highest BCUT2D eigenvalue weighted by Gasteiger charge is 2.31. The molecule has 3 rings (SSSR count). The van der Waals surface area contributed by atoms with Crippen LogP contribution in [0.4, 0.5) is 49.4 Å². The van der Waals surface area contributed by atoms with Crippen molar-refractivity contribution < 1.29 is 35.8 Å². The third-order valence-electron chi connectivity index (χ3n) is 3.31. The van der Waals surface area contributed by atoms with Gasteiger partial charge in [-0.15, -0.1) is 26.3 Å². The molecule has 0 spiro atoms. The number of hydrogen-bond acceptors (Lipinski definition) is 6. The molecule has 0 aliphatic rings. The van der Waals surface area contributed by atoms with Crippen LogP contribution in [0.2, 0.25) is 0 Å². The minimum absolute atomic E-state index is 0.173. The zero-order valence-electron chi connectivity index (χ0n) is 14.8. The average molecular weight is 430 g/mol. The predicted octanol–water partition coefficient (Wildman–Crippen LogP) is 5.76. The van der Waals surface area contributed by atoms with E-state index in [2.05, 4.69) is 30.1 Å². The number of rotatable bonds is 6. The van der Waals surface area contributed by atoms with Gasteiger partial charge in [0.05, 0.1) is 12.4 Å². The van der Waals surface area contributed by atoms with Crippen LogP contribution in [0.25, 0.3) is 0 Å². The third kappa shape index (κ3) is 6.72. The Bertz CT molecular complexity index is 933. The first-order valence-corrected chi connectivity index (χ1v) is 8.13. The van der Waals surface area contributed by atoms with E-state index in [1.165, 1.54) is 36.7 Å². The number of hydrogen-bond donors (Lipinski definition) is 2. The number of anilines is 4. The maximum Gasteiger partial charge on any atom is 0.573 e. The molecule has 158 valence electrons. The fraction of sp³-hybridized carbons (Fsp3) is 0.111. The van der Waals surface area contributed by atoms with E-state index in [9.17, 15) is 26.3 Å². The van der Waals surface area contributed by atoms with Crippen LogP contribution < -0.4 is 20.1 Å². The van der Waals surface area contributed by atoms with Gasteiger partial charge in [-0.25, -0.2) is 4.98 Å². The molecular formula is C18H12F6N4O2. The molecule has 2 aromatic carbocycles. The number of aromatic nitrogens is 2. The van der Waals surface area contributed by atoms with Crippen molar-refractivity contribution in [3.05, 3.63) is 60.9 Å². The number of ether oxygens (including phenoxy) is 2. The van der Waals surface area contributed by atoms with Crippen LogP contribution in [0.1, 0.15) is 0 Å². The van der Waals surface area contributed by atoms with Crippen molar-refractivity contribution in [1.29, 1.82) is 0 Å². The van der Waals surface area contributed by atoms with E-state index in [-0.39, 0.29) is 23.0 Å². The number of nitrogens with zero attached hydrogens (tertiary/aromatic N) is 2. The lowest BCUT2D eigenvalue weighted by Gasteiger charge is -2.12. The topological polar surface area (TPSA) is 68.3 Å². The monoisotopic (exact) mass is 430 g/mol. The zero-order valence-corrected chi connectivity index (χ0v) is 14.8. The first-order chi connectivity index (χ1) is 14.1. The molecule has 0 unspecified atom stereocenters. The predicted molar refractivity (Wildman–Crippen MR) is 94.8 cm³/mol. The van der Waals surface area contributed by atoms with Gasteiger partial charge in [-0.2, -0.15) is 0 Å². The van der Waals surface area contributed by atoms with Crippen LogP contribution in [-0.4, -0.2) is 22.7 Å². The summed E-state index contributed by atoms with van der Waals surface area (Å²) in [6, 6.07) is 10.2. The molecule has 0 bridgehead atoms. The van der Waals surface area contributed by atoms with Crippen LogP contribution in [0, 0.1) is 0 Å². The highest BCUT2D eigenvalue weighted by atomic mass is 19.4. The molecule has 3 aromatic rings. The lowest BCUT2D eigenvalue weighted by molar-refractivity contribution is -0.275. The molecule has 0 atom stereocenters. The summed E-state index contributed by atoms with van der Waals surface area (Å²) in [6.07, 6.45) is -7.03. The fourth-order valence-electron chi connectivity index (χ4n) is 2.32. The maximum atomic E-state index is 12.3. The van der Waals surface area contributed by atoms with Crippen molar-refractivity contribution in [2.75, 3.05) is 10.6 Å². The second-order valence-electron chi connectivity index (χ2n) is 5.69. The normalized spacial score (nSPS) is 11.7. The highest BCUT2D eigenvalue weighted by molar-refractivity contribution is 5.62. The van der Waals surface area contributed by atoms with Gasteiger partial charge in [0, 0.05) is 23.5 Å². The molecule has 6 nitrogen and oxygen atoms in total. The number of nitrogens with one attached hydrogen (secondary N) is 2. The van der Waals surface area contributed by atoms with Gasteiger partial charge < -0.3 is 20.1 Å². The van der Waals surface area contributed by atoms with Gasteiger partial charge in [0.25, 0.3) is 0 Å². The van der Waals surface area contributed by atoms with Gasteiger partial charge in [-0.1, -0.05) is 12.1 Å². The third-order valence-corrected chi connectivity index (χ3v) is 3.31. The number of benzene rings is 2. The van der Waals surface area contributed by atoms with E-state index in [1.807, 2.05) is 0 Å². The molecule has 1 heterocycles. The molecule has 0 aliphatic heterocycles. The van der Waals surface area contributed by atoms with Gasteiger partial charge in [-0.3, -0.25) is 4.98 Å². The summed E-state index contributed by atoms with van der Waals surface area (Å²) in [5.74, 6) is -0.494. The van der Waals surface area contributed by atoms with Crippen molar-refractivity contribution in [3.8, 4) is 11.5 Å². The van der Waals surface area contributed by atoms with Gasteiger partial charge >= 0.3 is 12.7 Å². The second kappa shape index (κ2) is 8.35. The SMILES string of the molecule is FC(F)(F)Oc1cccc(Nc2cncc(Nc3cccc(OC(F)(F)F)c3)n2)c1. The Balaban J connectivity index is 1.71. The van der Waals surface area contributed by atoms with E-state index in [0.717, 1.165) is 24.3 Å². The summed E-state index contributed by atoms with van der Waals surface area (Å²) in [7, 11) is 0. The summed E-state index contributed by atoms with van der Waals surface area (Å²) in [5.41, 5.74) is 0.507. The smallest absolute Gasteiger partial charge is 0.406 e. The Kier molecular flexibility index (Phi) is 5.85. The molecule has 0 saturated carbocycles. The Labute approximate surface area is 165 Å². The zero-order chi connectivity index (χ0) is 21.8. The van der Waals surface area contributed by atoms with Crippen LogP contribution in [0.3, 0.4) is 0 Å². The molecular weight excluding hydrogens is 418 g/mol. The van der Waals surface area contributed by atoms with Crippen molar-refractivity contribution in [2.24, 2.45) is 0 Å². The van der Waals surface area contributed by atoms with Crippen molar-refractivity contribution >= 4 is 23.0 Å². The molecule has 0 fully saturated rings. The molecule has 0 aliphatic carbocycles. The van der Waals surface area contributed by atoms with E-state index in [4.69, 9.17) is 0 Å². The van der Waals surface area contributed by atoms with Crippen LogP contribution in [0.5, 0.6) is 11.5 Å². The number of halogens is 6. The van der Waals surface area contributed by atoms with Gasteiger partial charge in [0.2, 0.25) is 0 Å². The Morgan fingerprint density at radius 1 is 0.667 bits per heavy atom. The maximum absolute atomic E-state index is 12.3. The first-order valence-electron chi connectivity index (χ1n) is 8.13. The van der Waals surface area contributed by atoms with Crippen molar-refractivity contribution in [1.82, 2.24) is 9.97 Å². The van der Waals surface area contributed by atoms with E-state index in [1.54, 1.807) is 0 Å². The fourth-order valence-corrected chi connectivity index (χ4v) is 2.32. The van der Waals surface area contributed by atoms with Crippen molar-refractivity contribution in [3.63, 3.8) is 0 Å². The lowest BCUT2D eigenvalue weighted by Crippen LogP contribution is -2.17. The van der Waals surface area contributed by atoms with E-state index >= 15 is 0 Å². The summed E-state index contributed by atoms with van der Waals surface area (Å²) in [4.78, 5) is 8.09. The Hall–Kier alpha value is -3.70. The van der Waals surface area contributed by atoms with Crippen LogP contribution >= 0.6 is 0 Å². The van der Waals surface area contributed by atoms with E-state index < -0.39 is 24.2 Å². The summed E-state index contributed by atoms with van der Waals surface area (Å²) in [6.45, 7) is 0. The van der Waals surface area contributed by atoms with Gasteiger partial charge in [0.15, 0.2) is 11.6 Å². The Morgan fingerprint density at radius 2 is 1.10 bits per heavy atom. The molecule has 1 aromatic heterocycles. The minimum Gasteiger partial charge on any atom is -0.406 e. The highest BCUT2D eigenvalue weighted by Crippen LogP contribution is 2.28. The largest absolute Gasteiger partial charge is 0.573 e. The summed E-state index contributed by atoms with van der Waals surface area (Å²) >= 11 is 0. The molecule has 0 amide bonds. The number of alkyl halides is 6. The van der Waals surface area contributed by atoms with Crippen LogP contribution in [0.15, 0.2) is 60.9 Å². The molecule has 0 saturated heterocycles. The molecule has 0 radical (unpaired) electrons. The van der Waals surface area contributed by atoms with Gasteiger partial charge in [0.1, 0.15) is 11.5 Å². The van der Waals surface area contributed by atoms with Crippen molar-refractivity contribution in [2.45, 2.75) is 12.7 Å². The summed E-state index contributed by atoms with van der Waals surface area (Å²) < 4.78 is 81.7. The first kappa shape index (κ1) is 21.0. The Morgan fingerprint density at radius 3 is 1.50 bits per heavy atom. The molecule has 12 heteroatoms. The van der Waals surface area contributed by atoms with Gasteiger partial charge in [-0.05, 0) is 24.3 Å². The standard InChI is InChI=1S/C18H12F6N4O2/c19-17(20,21)29-13-5-1-3-11(7-13)26-15-9-25-10-16(28-15)27-12-4-2-6-14(8-12)30-18(22,23)24/h1-10H,(H2,26,27,28). The summed E-state index contributed by atoms with van der Waals surface area (Å²) in [5, 5.41) is 5.53. The van der Waals surface area contributed by atoms with E-state index in [0.29, 0.717) is 0 Å². The van der Waals surface area contributed by atoms with Crippen LogP contribution in [-0.2, 0) is 0 Å². The minimum atomic E-state index is -4.83. The second-order valence-corrected chi connectivity index (χ2v) is 5.69. The lowest BCUT2D eigenvalue weighted by atomic mass is 10.3. The quantitative estimate of drug-likeness (QED) is 0.485.